The summed E-state index contributed by atoms with van der Waals surface area (Å²) in [6.07, 6.45) is 3.47. The SMILES string of the molecule is COC(=O)[C@@]1(OC(=O)c2ccc(NC(=O)OC(C)(C)C)cc2)[C@H](C)CC2C3C[C@H](F)C4=CC(=O)C=C[C@]4(C)[C@@]34O[C@H]4C[C@@]21C. The first-order valence-electron chi connectivity index (χ1n) is 15.2. The van der Waals surface area contributed by atoms with Crippen LogP contribution in [0.1, 0.15) is 71.2 Å². The number of benzene rings is 1. The maximum Gasteiger partial charge on any atom is 0.412 e. The van der Waals surface area contributed by atoms with E-state index in [0.717, 1.165) is 0 Å². The molecule has 9 atom stereocenters. The van der Waals surface area contributed by atoms with Crippen molar-refractivity contribution >= 4 is 29.5 Å². The highest BCUT2D eigenvalue weighted by Crippen LogP contribution is 2.77. The molecule has 6 rings (SSSR count). The van der Waals surface area contributed by atoms with Crippen molar-refractivity contribution in [3.05, 3.63) is 53.6 Å². The topological polar surface area (TPSA) is 121 Å². The molecule has 5 aliphatic rings. The summed E-state index contributed by atoms with van der Waals surface area (Å²) in [6, 6.07) is 6.13. The normalized spacial score (nSPS) is 40.0. The van der Waals surface area contributed by atoms with Crippen LogP contribution in [0.25, 0.3) is 0 Å². The molecule has 1 N–H and O–H groups in total. The van der Waals surface area contributed by atoms with Gasteiger partial charge in [-0.25, -0.2) is 18.8 Å². The Hall–Kier alpha value is -3.53. The Balaban J connectivity index is 1.30. The monoisotopic (exact) mass is 609 g/mol. The van der Waals surface area contributed by atoms with Crippen LogP contribution in [0.15, 0.2) is 48.1 Å². The lowest BCUT2D eigenvalue weighted by Gasteiger charge is -2.56. The van der Waals surface area contributed by atoms with Crippen molar-refractivity contribution in [1.29, 1.82) is 0 Å². The number of methoxy groups -OCH3 is 1. The van der Waals surface area contributed by atoms with Crippen LogP contribution in [-0.4, -0.2) is 60.0 Å². The van der Waals surface area contributed by atoms with E-state index in [1.165, 1.54) is 31.4 Å². The highest BCUT2D eigenvalue weighted by atomic mass is 19.1. The second-order valence-corrected chi connectivity index (χ2v) is 14.4. The number of epoxide rings is 1. The lowest BCUT2D eigenvalue weighted by Crippen LogP contribution is -2.64. The van der Waals surface area contributed by atoms with E-state index < -0.39 is 57.8 Å². The van der Waals surface area contributed by atoms with Crippen molar-refractivity contribution in [2.75, 3.05) is 12.4 Å². The summed E-state index contributed by atoms with van der Waals surface area (Å²) in [5.74, 6) is -2.50. The summed E-state index contributed by atoms with van der Waals surface area (Å²) in [4.78, 5) is 51.9. The van der Waals surface area contributed by atoms with Crippen molar-refractivity contribution in [2.45, 2.75) is 89.9 Å². The molecule has 1 aromatic carbocycles. The number of fused-ring (bicyclic) bond motifs is 3. The number of hydrogen-bond donors (Lipinski definition) is 1. The first kappa shape index (κ1) is 30.5. The highest BCUT2D eigenvalue weighted by molar-refractivity contribution is 6.01. The number of ether oxygens (including phenoxy) is 4. The molecular formula is C34H40FNO8. The molecule has 0 aromatic heterocycles. The van der Waals surface area contributed by atoms with E-state index in [1.807, 2.05) is 20.8 Å². The lowest BCUT2D eigenvalue weighted by molar-refractivity contribution is -0.188. The number of alkyl halides is 1. The van der Waals surface area contributed by atoms with E-state index in [-0.39, 0.29) is 35.7 Å². The number of anilines is 1. The zero-order valence-corrected chi connectivity index (χ0v) is 26.2. The first-order chi connectivity index (χ1) is 20.5. The summed E-state index contributed by atoms with van der Waals surface area (Å²) in [5, 5.41) is 2.63. The smallest absolute Gasteiger partial charge is 0.412 e. The first-order valence-corrected chi connectivity index (χ1v) is 15.2. The third-order valence-corrected chi connectivity index (χ3v) is 11.0. The van der Waals surface area contributed by atoms with Gasteiger partial charge in [-0.15, -0.1) is 0 Å². The predicted octanol–water partition coefficient (Wildman–Crippen LogP) is 5.74. The van der Waals surface area contributed by atoms with Gasteiger partial charge in [-0.3, -0.25) is 10.1 Å². The Kier molecular flexibility index (Phi) is 6.75. The molecule has 0 bridgehead atoms. The largest absolute Gasteiger partial charge is 0.466 e. The Morgan fingerprint density at radius 3 is 2.39 bits per heavy atom. The van der Waals surface area contributed by atoms with Gasteiger partial charge in [-0.1, -0.05) is 19.9 Å². The molecule has 1 aromatic rings. The number of amides is 1. The molecule has 4 aliphatic carbocycles. The average Bonchev–Trinajstić information content (AvgIpc) is 3.62. The number of rotatable bonds is 4. The van der Waals surface area contributed by atoms with Crippen molar-refractivity contribution in [2.24, 2.45) is 28.6 Å². The number of hydrogen-bond acceptors (Lipinski definition) is 8. The van der Waals surface area contributed by atoms with E-state index in [4.69, 9.17) is 18.9 Å². The van der Waals surface area contributed by atoms with E-state index >= 15 is 4.39 Å². The molecule has 0 radical (unpaired) electrons. The summed E-state index contributed by atoms with van der Waals surface area (Å²) < 4.78 is 39.3. The van der Waals surface area contributed by atoms with Crippen LogP contribution in [0.2, 0.25) is 0 Å². The minimum atomic E-state index is -1.64. The molecule has 1 amide bonds. The second-order valence-electron chi connectivity index (χ2n) is 14.4. The Labute approximate surface area is 256 Å². The number of esters is 2. The van der Waals surface area contributed by atoms with Gasteiger partial charge in [-0.05, 0) is 101 Å². The number of nitrogens with one attached hydrogen (secondary N) is 1. The maximum atomic E-state index is 15.9. The third kappa shape index (κ3) is 4.12. The molecule has 9 nitrogen and oxygen atoms in total. The van der Waals surface area contributed by atoms with E-state index in [2.05, 4.69) is 5.32 Å². The van der Waals surface area contributed by atoms with E-state index in [9.17, 15) is 19.2 Å². The number of halogens is 1. The molecule has 1 spiro atoms. The number of ketones is 1. The maximum absolute atomic E-state index is 15.9. The summed E-state index contributed by atoms with van der Waals surface area (Å²) >= 11 is 0. The van der Waals surface area contributed by atoms with Gasteiger partial charge in [0.15, 0.2) is 5.78 Å². The average molecular weight is 610 g/mol. The third-order valence-electron chi connectivity index (χ3n) is 11.0. The number of carbonyl (C=O) groups is 4. The van der Waals surface area contributed by atoms with Gasteiger partial charge < -0.3 is 18.9 Å². The van der Waals surface area contributed by atoms with Crippen LogP contribution in [-0.2, 0) is 28.5 Å². The molecule has 4 fully saturated rings. The number of carbonyl (C=O) groups excluding carboxylic acids is 4. The summed E-state index contributed by atoms with van der Waals surface area (Å²) in [7, 11) is 1.28. The van der Waals surface area contributed by atoms with Crippen molar-refractivity contribution in [1.82, 2.24) is 0 Å². The van der Waals surface area contributed by atoms with Gasteiger partial charge in [0, 0.05) is 22.4 Å². The molecule has 236 valence electrons. The van der Waals surface area contributed by atoms with Crippen molar-refractivity contribution in [3.63, 3.8) is 0 Å². The van der Waals surface area contributed by atoms with Gasteiger partial charge in [0.05, 0.1) is 18.8 Å². The van der Waals surface area contributed by atoms with Crippen molar-refractivity contribution in [3.8, 4) is 0 Å². The van der Waals surface area contributed by atoms with Crippen LogP contribution in [0.5, 0.6) is 0 Å². The second kappa shape index (κ2) is 9.73. The fourth-order valence-corrected chi connectivity index (χ4v) is 9.12. The van der Waals surface area contributed by atoms with Crippen LogP contribution in [0.4, 0.5) is 14.9 Å². The van der Waals surface area contributed by atoms with Crippen molar-refractivity contribution < 1.29 is 42.5 Å². The van der Waals surface area contributed by atoms with Crippen LogP contribution in [0.3, 0.4) is 0 Å². The highest BCUT2D eigenvalue weighted by Gasteiger charge is 2.84. The fraction of sp³-hybridized carbons (Fsp3) is 0.588. The molecule has 10 heteroatoms. The summed E-state index contributed by atoms with van der Waals surface area (Å²) in [5.41, 5.74) is -3.64. The Bertz CT molecular complexity index is 1500. The predicted molar refractivity (Wildman–Crippen MR) is 157 cm³/mol. The van der Waals surface area contributed by atoms with Gasteiger partial charge in [-0.2, -0.15) is 0 Å². The molecular weight excluding hydrogens is 569 g/mol. The Morgan fingerprint density at radius 2 is 1.75 bits per heavy atom. The van der Waals surface area contributed by atoms with Crippen LogP contribution >= 0.6 is 0 Å². The van der Waals surface area contributed by atoms with Gasteiger partial charge in [0.2, 0.25) is 5.60 Å². The lowest BCUT2D eigenvalue weighted by atomic mass is 9.46. The standard InChI is InChI=1S/C34H40FNO8/c1-18-14-22-23-16-25(35)24-15-21(37)12-13-31(24,5)34(23)26(42-34)17-32(22,6)33(18,28(39)41-7)43-27(38)19-8-10-20(11-9-19)36-29(40)44-30(2,3)4/h8-13,15,18,22-23,25-26H,14,16-17H2,1-7H3,(H,36,40)/t18-,22?,23?,25+,26+,31+,32+,33+,34-/m1/s1. The molecule has 1 heterocycles. The van der Waals surface area contributed by atoms with Gasteiger partial charge >= 0.3 is 18.0 Å². The van der Waals surface area contributed by atoms with Gasteiger partial charge in [0.1, 0.15) is 17.4 Å². The van der Waals surface area contributed by atoms with Crippen LogP contribution in [0, 0.1) is 28.6 Å². The quantitative estimate of drug-likeness (QED) is 0.261. The molecule has 2 unspecified atom stereocenters. The molecule has 44 heavy (non-hydrogen) atoms. The summed E-state index contributed by atoms with van der Waals surface area (Å²) in [6.45, 7) is 11.0. The minimum absolute atomic E-state index is 0.156. The fourth-order valence-electron chi connectivity index (χ4n) is 9.12. The minimum Gasteiger partial charge on any atom is -0.466 e. The molecule has 1 saturated heterocycles. The molecule has 1 aliphatic heterocycles. The zero-order valence-electron chi connectivity index (χ0n) is 26.2. The zero-order chi connectivity index (χ0) is 32.0. The number of allylic oxidation sites excluding steroid dienone is 2. The van der Waals surface area contributed by atoms with Gasteiger partial charge in [0.25, 0.3) is 0 Å². The van der Waals surface area contributed by atoms with E-state index in [1.54, 1.807) is 39.0 Å². The molecule has 3 saturated carbocycles. The van der Waals surface area contributed by atoms with Crippen LogP contribution < -0.4 is 5.32 Å². The van der Waals surface area contributed by atoms with E-state index in [0.29, 0.717) is 24.1 Å². The Morgan fingerprint density at radius 1 is 1.07 bits per heavy atom.